The van der Waals surface area contributed by atoms with Crippen molar-refractivity contribution in [3.63, 3.8) is 0 Å². The summed E-state index contributed by atoms with van der Waals surface area (Å²) in [6.45, 7) is 3.25. The van der Waals surface area contributed by atoms with Gasteiger partial charge in [0.2, 0.25) is 0 Å². The molecule has 5 nitrogen and oxygen atoms in total. The lowest BCUT2D eigenvalue weighted by Crippen LogP contribution is -2.22. The minimum Gasteiger partial charge on any atom is -0.494 e. The van der Waals surface area contributed by atoms with E-state index in [0.29, 0.717) is 13.2 Å². The second-order valence-electron chi connectivity index (χ2n) is 5.13. The summed E-state index contributed by atoms with van der Waals surface area (Å²) in [5.41, 5.74) is 2.21. The zero-order valence-electron chi connectivity index (χ0n) is 13.2. The van der Waals surface area contributed by atoms with Crippen molar-refractivity contribution in [1.29, 1.82) is 0 Å². The average Bonchev–Trinajstić information content (AvgIpc) is 3.00. The van der Waals surface area contributed by atoms with Crippen LogP contribution in [0.25, 0.3) is 21.3 Å². The van der Waals surface area contributed by atoms with Crippen LogP contribution in [0.5, 0.6) is 5.75 Å². The van der Waals surface area contributed by atoms with E-state index >= 15 is 0 Å². The van der Waals surface area contributed by atoms with Crippen LogP contribution in [0.3, 0.4) is 0 Å². The van der Waals surface area contributed by atoms with Crippen molar-refractivity contribution in [2.75, 3.05) is 31.7 Å². The average molecular weight is 329 g/mol. The van der Waals surface area contributed by atoms with Gasteiger partial charge in [0.05, 0.1) is 18.6 Å². The molecule has 3 aromatic rings. The number of aliphatic hydroxyl groups is 1. The number of aliphatic hydroxyl groups excluding tert-OH is 1. The lowest BCUT2D eigenvalue weighted by molar-refractivity contribution is 0.304. The molecule has 0 bridgehead atoms. The summed E-state index contributed by atoms with van der Waals surface area (Å²) in [5, 5.41) is 12.3. The standard InChI is InChI=1S/C17H19N3O2S/c1-3-22-13-6-4-12(5-7-13)14-10-23-17-15(14)16(18-11-19-17)20(2)8-9-21/h4-7,10-11,21H,3,8-9H2,1-2H3. The Labute approximate surface area is 139 Å². The Balaban J connectivity index is 2.07. The molecule has 0 atom stereocenters. The molecular weight excluding hydrogens is 310 g/mol. The van der Waals surface area contributed by atoms with Crippen LogP contribution >= 0.6 is 11.3 Å². The summed E-state index contributed by atoms with van der Waals surface area (Å²) >= 11 is 1.60. The number of ether oxygens (including phenoxy) is 1. The van der Waals surface area contributed by atoms with Crippen LogP contribution < -0.4 is 9.64 Å². The molecule has 23 heavy (non-hydrogen) atoms. The van der Waals surface area contributed by atoms with E-state index in [1.54, 1.807) is 17.7 Å². The van der Waals surface area contributed by atoms with Crippen LogP contribution in [-0.4, -0.2) is 41.9 Å². The van der Waals surface area contributed by atoms with E-state index in [9.17, 15) is 5.11 Å². The van der Waals surface area contributed by atoms with Gasteiger partial charge >= 0.3 is 0 Å². The van der Waals surface area contributed by atoms with Crippen molar-refractivity contribution < 1.29 is 9.84 Å². The first-order chi connectivity index (χ1) is 11.2. The van der Waals surface area contributed by atoms with Crippen molar-refractivity contribution in [1.82, 2.24) is 9.97 Å². The van der Waals surface area contributed by atoms with Gasteiger partial charge in [0.15, 0.2) is 0 Å². The van der Waals surface area contributed by atoms with Crippen molar-refractivity contribution in [2.45, 2.75) is 6.92 Å². The highest BCUT2D eigenvalue weighted by atomic mass is 32.1. The maximum atomic E-state index is 9.19. The second kappa shape index (κ2) is 6.93. The number of likely N-dealkylation sites (N-methyl/N-ethyl adjacent to an activating group) is 1. The lowest BCUT2D eigenvalue weighted by atomic mass is 10.1. The molecule has 1 N–H and O–H groups in total. The van der Waals surface area contributed by atoms with E-state index in [2.05, 4.69) is 27.5 Å². The van der Waals surface area contributed by atoms with Gasteiger partial charge in [-0.25, -0.2) is 9.97 Å². The van der Waals surface area contributed by atoms with Crippen LogP contribution in [0.2, 0.25) is 0 Å². The zero-order chi connectivity index (χ0) is 16.2. The maximum absolute atomic E-state index is 9.19. The molecule has 0 aliphatic rings. The molecule has 120 valence electrons. The van der Waals surface area contributed by atoms with Crippen LogP contribution in [-0.2, 0) is 0 Å². The van der Waals surface area contributed by atoms with E-state index in [1.807, 2.05) is 31.0 Å². The predicted molar refractivity (Wildman–Crippen MR) is 94.4 cm³/mol. The van der Waals surface area contributed by atoms with Gasteiger partial charge in [0.25, 0.3) is 0 Å². The van der Waals surface area contributed by atoms with E-state index in [4.69, 9.17) is 4.74 Å². The zero-order valence-corrected chi connectivity index (χ0v) is 14.0. The van der Waals surface area contributed by atoms with E-state index in [1.165, 1.54) is 0 Å². The Morgan fingerprint density at radius 2 is 2.00 bits per heavy atom. The van der Waals surface area contributed by atoms with Gasteiger partial charge in [0.1, 0.15) is 22.7 Å². The topological polar surface area (TPSA) is 58.5 Å². The fourth-order valence-corrected chi connectivity index (χ4v) is 3.43. The molecule has 0 saturated heterocycles. The number of hydrogen-bond donors (Lipinski definition) is 1. The van der Waals surface area contributed by atoms with E-state index < -0.39 is 0 Å². The quantitative estimate of drug-likeness (QED) is 0.753. The Hall–Kier alpha value is -2.18. The summed E-state index contributed by atoms with van der Waals surface area (Å²) in [5.74, 6) is 1.71. The summed E-state index contributed by atoms with van der Waals surface area (Å²) in [6.07, 6.45) is 1.57. The van der Waals surface area contributed by atoms with Crippen LogP contribution in [0.4, 0.5) is 5.82 Å². The van der Waals surface area contributed by atoms with Gasteiger partial charge < -0.3 is 14.7 Å². The molecule has 3 rings (SSSR count). The third-order valence-corrected chi connectivity index (χ3v) is 4.51. The molecule has 0 aliphatic heterocycles. The Morgan fingerprint density at radius 1 is 1.22 bits per heavy atom. The molecule has 0 unspecified atom stereocenters. The Morgan fingerprint density at radius 3 is 2.70 bits per heavy atom. The number of aromatic nitrogens is 2. The van der Waals surface area contributed by atoms with E-state index in [-0.39, 0.29) is 6.61 Å². The predicted octanol–water partition coefficient (Wildman–Crippen LogP) is 3.19. The van der Waals surface area contributed by atoms with Crippen LogP contribution in [0.15, 0.2) is 36.0 Å². The summed E-state index contributed by atoms with van der Waals surface area (Å²) in [4.78, 5) is 11.7. The maximum Gasteiger partial charge on any atom is 0.141 e. The summed E-state index contributed by atoms with van der Waals surface area (Å²) < 4.78 is 5.50. The smallest absolute Gasteiger partial charge is 0.141 e. The first kappa shape index (κ1) is 15.7. The van der Waals surface area contributed by atoms with Crippen molar-refractivity contribution >= 4 is 27.4 Å². The minimum absolute atomic E-state index is 0.0878. The molecule has 2 aromatic heterocycles. The fourth-order valence-electron chi connectivity index (χ4n) is 2.51. The highest BCUT2D eigenvalue weighted by molar-refractivity contribution is 7.17. The molecule has 2 heterocycles. The number of nitrogens with zero attached hydrogens (tertiary/aromatic N) is 3. The van der Waals surface area contributed by atoms with Gasteiger partial charge in [-0.15, -0.1) is 11.3 Å². The first-order valence-electron chi connectivity index (χ1n) is 7.52. The van der Waals surface area contributed by atoms with Crippen molar-refractivity contribution in [3.8, 4) is 16.9 Å². The Bertz CT molecular complexity index is 786. The van der Waals surface area contributed by atoms with Gasteiger partial charge in [-0.2, -0.15) is 0 Å². The summed E-state index contributed by atoms with van der Waals surface area (Å²) in [7, 11) is 1.93. The Kier molecular flexibility index (Phi) is 4.73. The number of thiophene rings is 1. The number of anilines is 1. The molecular formula is C17H19N3O2S. The van der Waals surface area contributed by atoms with Gasteiger partial charge in [-0.1, -0.05) is 12.1 Å². The van der Waals surface area contributed by atoms with Gasteiger partial charge in [-0.3, -0.25) is 0 Å². The molecule has 0 radical (unpaired) electrons. The monoisotopic (exact) mass is 329 g/mol. The third kappa shape index (κ3) is 3.13. The molecule has 6 heteroatoms. The van der Waals surface area contributed by atoms with Gasteiger partial charge in [0, 0.05) is 24.5 Å². The highest BCUT2D eigenvalue weighted by Crippen LogP contribution is 2.37. The van der Waals surface area contributed by atoms with E-state index in [0.717, 1.165) is 32.9 Å². The lowest BCUT2D eigenvalue weighted by Gasteiger charge is -2.18. The van der Waals surface area contributed by atoms with Crippen molar-refractivity contribution in [2.24, 2.45) is 0 Å². The summed E-state index contributed by atoms with van der Waals surface area (Å²) in [6, 6.07) is 8.05. The largest absolute Gasteiger partial charge is 0.494 e. The molecule has 0 fully saturated rings. The third-order valence-electron chi connectivity index (χ3n) is 3.62. The molecule has 0 amide bonds. The van der Waals surface area contributed by atoms with Gasteiger partial charge in [-0.05, 0) is 24.6 Å². The molecule has 0 aliphatic carbocycles. The SMILES string of the molecule is CCOc1ccc(-c2csc3ncnc(N(C)CCO)c23)cc1. The molecule has 1 aromatic carbocycles. The number of benzene rings is 1. The van der Waals surface area contributed by atoms with Crippen LogP contribution in [0, 0.1) is 0 Å². The normalized spacial score (nSPS) is 10.9. The minimum atomic E-state index is 0.0878. The number of fused-ring (bicyclic) bond motifs is 1. The second-order valence-corrected chi connectivity index (χ2v) is 5.99. The van der Waals surface area contributed by atoms with Crippen molar-refractivity contribution in [3.05, 3.63) is 36.0 Å². The number of hydrogen-bond acceptors (Lipinski definition) is 6. The molecule has 0 spiro atoms. The number of rotatable bonds is 6. The fraction of sp³-hybridized carbons (Fsp3) is 0.294. The first-order valence-corrected chi connectivity index (χ1v) is 8.40. The van der Waals surface area contributed by atoms with Crippen LogP contribution in [0.1, 0.15) is 6.92 Å². The molecule has 0 saturated carbocycles. The highest BCUT2D eigenvalue weighted by Gasteiger charge is 2.15.